The summed E-state index contributed by atoms with van der Waals surface area (Å²) in [6.07, 6.45) is 4.09. The van der Waals surface area contributed by atoms with Gasteiger partial charge in [-0.05, 0) is 43.0 Å². The van der Waals surface area contributed by atoms with Gasteiger partial charge in [0.15, 0.2) is 0 Å². The first-order valence-corrected chi connectivity index (χ1v) is 11.9. The summed E-state index contributed by atoms with van der Waals surface area (Å²) in [4.78, 5) is 32.6. The predicted octanol–water partition coefficient (Wildman–Crippen LogP) is 5.02. The number of hydrogen-bond acceptors (Lipinski definition) is 3. The van der Waals surface area contributed by atoms with E-state index in [2.05, 4.69) is 5.32 Å². The van der Waals surface area contributed by atoms with Gasteiger partial charge in [-0.1, -0.05) is 72.8 Å². The normalized spacial score (nSPS) is 12.8. The summed E-state index contributed by atoms with van der Waals surface area (Å²) in [5.74, 6) is 0.156. The van der Waals surface area contributed by atoms with Crippen LogP contribution in [-0.2, 0) is 16.0 Å². The van der Waals surface area contributed by atoms with E-state index in [1.165, 1.54) is 0 Å². The Kier molecular flexibility index (Phi) is 6.44. The Morgan fingerprint density at radius 2 is 1.69 bits per heavy atom. The molecule has 1 aromatic heterocycles. The fraction of sp³-hybridized carbons (Fsp3) is 0.207. The second kappa shape index (κ2) is 9.97. The van der Waals surface area contributed by atoms with Gasteiger partial charge in [0.05, 0.1) is 12.1 Å². The summed E-state index contributed by atoms with van der Waals surface area (Å²) in [6.45, 7) is 2.04. The smallest absolute Gasteiger partial charge is 0.246 e. The summed E-state index contributed by atoms with van der Waals surface area (Å²) in [5, 5.41) is 2.97. The van der Waals surface area contributed by atoms with E-state index >= 15 is 0 Å². The molecule has 0 unspecified atom stereocenters. The summed E-state index contributed by atoms with van der Waals surface area (Å²) >= 11 is 0. The van der Waals surface area contributed by atoms with Gasteiger partial charge in [0.1, 0.15) is 6.54 Å². The number of aryl methyl sites for hydroxylation is 1. The zero-order valence-corrected chi connectivity index (χ0v) is 19.7. The van der Waals surface area contributed by atoms with Gasteiger partial charge in [-0.2, -0.15) is 0 Å². The molecule has 0 aliphatic heterocycles. The number of nitrogens with one attached hydrogen (secondary N) is 1. The highest BCUT2D eigenvalue weighted by Crippen LogP contribution is 2.28. The van der Waals surface area contributed by atoms with Gasteiger partial charge in [-0.3, -0.25) is 19.5 Å². The molecular formula is C29H28N4O2. The van der Waals surface area contributed by atoms with E-state index < -0.39 is 0 Å². The van der Waals surface area contributed by atoms with Crippen molar-refractivity contribution in [1.82, 2.24) is 14.5 Å². The Labute approximate surface area is 205 Å². The second-order valence-corrected chi connectivity index (χ2v) is 8.99. The van der Waals surface area contributed by atoms with Crippen molar-refractivity contribution in [3.05, 3.63) is 102 Å². The number of amides is 2. The van der Waals surface area contributed by atoms with Crippen LogP contribution >= 0.6 is 0 Å². The van der Waals surface area contributed by atoms with Crippen LogP contribution in [0.25, 0.3) is 16.9 Å². The van der Waals surface area contributed by atoms with Crippen molar-refractivity contribution in [1.29, 1.82) is 0 Å². The summed E-state index contributed by atoms with van der Waals surface area (Å²) in [5.41, 5.74) is 4.70. The van der Waals surface area contributed by atoms with Gasteiger partial charge in [-0.15, -0.1) is 0 Å². The molecule has 4 aromatic rings. The van der Waals surface area contributed by atoms with Crippen molar-refractivity contribution in [3.8, 4) is 16.9 Å². The van der Waals surface area contributed by atoms with E-state index in [0.717, 1.165) is 40.9 Å². The van der Waals surface area contributed by atoms with Crippen molar-refractivity contribution < 1.29 is 9.59 Å². The predicted molar refractivity (Wildman–Crippen MR) is 137 cm³/mol. The fourth-order valence-corrected chi connectivity index (χ4v) is 4.19. The highest BCUT2D eigenvalue weighted by molar-refractivity contribution is 5.94. The van der Waals surface area contributed by atoms with E-state index in [9.17, 15) is 9.59 Å². The van der Waals surface area contributed by atoms with Crippen LogP contribution in [0, 0.1) is 6.92 Å². The van der Waals surface area contributed by atoms with E-state index in [0.29, 0.717) is 12.4 Å². The molecule has 1 N–H and O–H groups in total. The number of imidazole rings is 1. The topological polar surface area (TPSA) is 67.2 Å². The maximum absolute atomic E-state index is 13.1. The molecule has 35 heavy (non-hydrogen) atoms. The zero-order chi connectivity index (χ0) is 24.2. The van der Waals surface area contributed by atoms with E-state index in [-0.39, 0.29) is 24.4 Å². The zero-order valence-electron chi connectivity index (χ0n) is 19.7. The Balaban J connectivity index is 1.37. The van der Waals surface area contributed by atoms with Gasteiger partial charge in [0, 0.05) is 23.5 Å². The van der Waals surface area contributed by atoms with Gasteiger partial charge < -0.3 is 4.90 Å². The monoisotopic (exact) mass is 464 g/mol. The summed E-state index contributed by atoms with van der Waals surface area (Å²) < 4.78 is 1.89. The molecule has 0 radical (unpaired) electrons. The number of nitrogens with zero attached hydrogens (tertiary/aromatic N) is 3. The molecule has 176 valence electrons. The number of carbonyl (C=O) groups excluding carboxylic acids is 2. The van der Waals surface area contributed by atoms with Crippen LogP contribution in [0.1, 0.15) is 24.0 Å². The van der Waals surface area contributed by atoms with E-state index in [1.54, 1.807) is 4.90 Å². The highest BCUT2D eigenvalue weighted by atomic mass is 16.2. The Bertz CT molecular complexity index is 1330. The van der Waals surface area contributed by atoms with Crippen LogP contribution in [0.2, 0.25) is 0 Å². The second-order valence-electron chi connectivity index (χ2n) is 8.99. The third-order valence-electron chi connectivity index (χ3n) is 6.13. The van der Waals surface area contributed by atoms with Gasteiger partial charge in [-0.25, -0.2) is 4.98 Å². The van der Waals surface area contributed by atoms with Crippen LogP contribution in [-0.4, -0.2) is 38.9 Å². The molecule has 6 heteroatoms. The molecule has 0 spiro atoms. The van der Waals surface area contributed by atoms with Gasteiger partial charge in [0.25, 0.3) is 0 Å². The van der Waals surface area contributed by atoms with Crippen molar-refractivity contribution in [2.45, 2.75) is 32.2 Å². The lowest BCUT2D eigenvalue weighted by Gasteiger charge is -2.22. The van der Waals surface area contributed by atoms with E-state index in [1.807, 2.05) is 103 Å². The molecule has 5 rings (SSSR count). The van der Waals surface area contributed by atoms with Gasteiger partial charge in [0.2, 0.25) is 17.8 Å². The molecule has 0 atom stereocenters. The number of benzene rings is 3. The lowest BCUT2D eigenvalue weighted by molar-refractivity contribution is -0.134. The fourth-order valence-electron chi connectivity index (χ4n) is 4.19. The lowest BCUT2D eigenvalue weighted by Crippen LogP contribution is -2.40. The van der Waals surface area contributed by atoms with Crippen molar-refractivity contribution in [2.24, 2.45) is 0 Å². The molecule has 1 saturated carbocycles. The standard InChI is InChI=1S/C29H28N4O2/c1-21-9-8-14-25(17-21)33-19-26(23-12-6-3-7-13-23)30-29(33)31-27(34)20-32(24-15-16-24)28(35)18-22-10-4-2-5-11-22/h2-14,17,19,24H,15-16,18,20H2,1H3,(H,30,31,34). The Morgan fingerprint density at radius 1 is 0.971 bits per heavy atom. The molecule has 1 fully saturated rings. The third kappa shape index (κ3) is 5.49. The van der Waals surface area contributed by atoms with Crippen LogP contribution in [0.5, 0.6) is 0 Å². The minimum absolute atomic E-state index is 0.0116. The van der Waals surface area contributed by atoms with Crippen LogP contribution in [0.15, 0.2) is 91.1 Å². The molecule has 3 aromatic carbocycles. The first-order chi connectivity index (χ1) is 17.1. The van der Waals surface area contributed by atoms with Crippen LogP contribution in [0.3, 0.4) is 0 Å². The first kappa shape index (κ1) is 22.6. The van der Waals surface area contributed by atoms with Gasteiger partial charge >= 0.3 is 0 Å². The molecule has 0 saturated heterocycles. The summed E-state index contributed by atoms with van der Waals surface area (Å²) in [6, 6.07) is 27.7. The first-order valence-electron chi connectivity index (χ1n) is 11.9. The average Bonchev–Trinajstić information content (AvgIpc) is 3.63. The number of carbonyl (C=O) groups is 2. The molecular weight excluding hydrogens is 436 g/mol. The average molecular weight is 465 g/mol. The quantitative estimate of drug-likeness (QED) is 0.398. The Morgan fingerprint density at radius 3 is 2.37 bits per heavy atom. The molecule has 2 amide bonds. The molecule has 0 bridgehead atoms. The molecule has 1 heterocycles. The minimum Gasteiger partial charge on any atom is -0.330 e. The minimum atomic E-state index is -0.252. The molecule has 1 aliphatic rings. The number of aromatic nitrogens is 2. The molecule has 6 nitrogen and oxygen atoms in total. The van der Waals surface area contributed by atoms with Crippen LogP contribution < -0.4 is 5.32 Å². The van der Waals surface area contributed by atoms with E-state index in [4.69, 9.17) is 4.98 Å². The third-order valence-corrected chi connectivity index (χ3v) is 6.13. The molecule has 1 aliphatic carbocycles. The lowest BCUT2D eigenvalue weighted by atomic mass is 10.1. The van der Waals surface area contributed by atoms with Crippen LogP contribution in [0.4, 0.5) is 5.95 Å². The number of rotatable bonds is 8. The summed E-state index contributed by atoms with van der Waals surface area (Å²) in [7, 11) is 0. The maximum atomic E-state index is 13.1. The number of hydrogen-bond donors (Lipinski definition) is 1. The van der Waals surface area contributed by atoms with Crippen molar-refractivity contribution in [3.63, 3.8) is 0 Å². The Hall–Kier alpha value is -4.19. The number of anilines is 1. The highest BCUT2D eigenvalue weighted by Gasteiger charge is 2.34. The maximum Gasteiger partial charge on any atom is 0.246 e. The van der Waals surface area contributed by atoms with Crippen molar-refractivity contribution >= 4 is 17.8 Å². The largest absolute Gasteiger partial charge is 0.330 e. The van der Waals surface area contributed by atoms with Crippen molar-refractivity contribution in [2.75, 3.05) is 11.9 Å². The SMILES string of the molecule is Cc1cccc(-n2cc(-c3ccccc3)nc2NC(=O)CN(C(=O)Cc2ccccc2)C2CC2)c1.